The average Bonchev–Trinajstić information content (AvgIpc) is 2.70. The van der Waals surface area contributed by atoms with Gasteiger partial charge in [-0.1, -0.05) is 5.16 Å². The quantitative estimate of drug-likeness (QED) is 0.642. The van der Waals surface area contributed by atoms with Gasteiger partial charge in [0.2, 0.25) is 0 Å². The summed E-state index contributed by atoms with van der Waals surface area (Å²) in [6.07, 6.45) is -0.636. The monoisotopic (exact) mass is 300 g/mol. The number of primary amides is 1. The molecule has 0 radical (unpaired) electrons. The van der Waals surface area contributed by atoms with E-state index in [1.165, 1.54) is 12.5 Å². The molecule has 0 aliphatic rings. The molecule has 8 nitrogen and oxygen atoms in total. The van der Waals surface area contributed by atoms with Crippen LogP contribution in [0, 0.1) is 0 Å². The van der Waals surface area contributed by atoms with Crippen molar-refractivity contribution < 1.29 is 19.2 Å². The topological polar surface area (TPSA) is 116 Å². The lowest BCUT2D eigenvalue weighted by Gasteiger charge is -2.18. The predicted octanol–water partition coefficient (Wildman–Crippen LogP) is 1.33. The maximum absolute atomic E-state index is 11.6. The number of nitrogens with one attached hydrogen (secondary N) is 1. The van der Waals surface area contributed by atoms with E-state index in [1.54, 1.807) is 20.8 Å². The molecule has 0 unspecified atom stereocenters. The smallest absolute Gasteiger partial charge is 0.413 e. The van der Waals surface area contributed by atoms with Crippen LogP contribution in [0.25, 0.3) is 0 Å². The summed E-state index contributed by atoms with van der Waals surface area (Å²) in [6.45, 7) is 5.24. The molecule has 0 aromatic carbocycles. The number of rotatable bonds is 4. The molecular formula is C11H16N4O4S. The lowest BCUT2D eigenvalue weighted by atomic mass is 10.2. The number of nitrogens with zero attached hydrogens (tertiary/aromatic N) is 2. The van der Waals surface area contributed by atoms with Crippen molar-refractivity contribution in [2.75, 3.05) is 12.4 Å². The van der Waals surface area contributed by atoms with Crippen LogP contribution < -0.4 is 11.1 Å². The highest BCUT2D eigenvalue weighted by Crippen LogP contribution is 2.17. The highest BCUT2D eigenvalue weighted by atomic mass is 32.1. The van der Waals surface area contributed by atoms with Crippen molar-refractivity contribution in [1.82, 2.24) is 4.98 Å². The number of oxime groups is 1. The molecule has 1 aromatic heterocycles. The third-order valence-corrected chi connectivity index (χ3v) is 2.53. The Bertz CT molecular complexity index is 533. The molecule has 1 rings (SSSR count). The van der Waals surface area contributed by atoms with Gasteiger partial charge in [-0.05, 0) is 20.8 Å². The number of amides is 2. The lowest BCUT2D eigenvalue weighted by Crippen LogP contribution is -2.27. The molecule has 0 spiro atoms. The lowest BCUT2D eigenvalue weighted by molar-refractivity contribution is -0.112. The zero-order valence-corrected chi connectivity index (χ0v) is 12.4. The summed E-state index contributed by atoms with van der Waals surface area (Å²) in [5, 5.41) is 7.73. The molecule has 0 atom stereocenters. The standard InChI is InChI=1S/C11H16N4O4S/c1-11(2,3)19-10(17)14-9-13-6(5-20-9)7(8(12)16)15-18-4/h5H,1-4H3,(H2,12,16)(H,13,14,17). The molecule has 9 heteroatoms. The van der Waals surface area contributed by atoms with Crippen LogP contribution in [0.15, 0.2) is 10.5 Å². The molecule has 0 aliphatic heterocycles. The normalized spacial score (nSPS) is 11.9. The molecular weight excluding hydrogens is 284 g/mol. The Labute approximate surface area is 120 Å². The highest BCUT2D eigenvalue weighted by Gasteiger charge is 2.19. The maximum atomic E-state index is 11.6. The van der Waals surface area contributed by atoms with Gasteiger partial charge in [-0.2, -0.15) is 0 Å². The van der Waals surface area contributed by atoms with Crippen LogP contribution in [-0.4, -0.2) is 35.4 Å². The maximum Gasteiger partial charge on any atom is 0.413 e. The summed E-state index contributed by atoms with van der Waals surface area (Å²) < 4.78 is 5.08. The first-order valence-corrected chi connectivity index (χ1v) is 6.47. The molecule has 0 fully saturated rings. The van der Waals surface area contributed by atoms with Crippen LogP contribution in [0.5, 0.6) is 0 Å². The van der Waals surface area contributed by atoms with Crippen LogP contribution in [0.4, 0.5) is 9.93 Å². The molecule has 3 N–H and O–H groups in total. The van der Waals surface area contributed by atoms with E-state index in [0.29, 0.717) is 0 Å². The van der Waals surface area contributed by atoms with E-state index in [-0.39, 0.29) is 16.5 Å². The minimum Gasteiger partial charge on any atom is -0.444 e. The fourth-order valence-corrected chi connectivity index (χ4v) is 1.82. The van der Waals surface area contributed by atoms with Gasteiger partial charge in [0, 0.05) is 5.38 Å². The SMILES string of the molecule is CON=C(C(N)=O)c1csc(NC(=O)OC(C)(C)C)n1. The van der Waals surface area contributed by atoms with Crippen molar-refractivity contribution in [1.29, 1.82) is 0 Å². The van der Waals surface area contributed by atoms with E-state index < -0.39 is 17.6 Å². The second kappa shape index (κ2) is 6.33. The van der Waals surface area contributed by atoms with E-state index in [2.05, 4.69) is 20.3 Å². The minimum atomic E-state index is -0.777. The summed E-state index contributed by atoms with van der Waals surface area (Å²) in [5.74, 6) is -0.777. The van der Waals surface area contributed by atoms with Gasteiger partial charge >= 0.3 is 6.09 Å². The molecule has 110 valence electrons. The van der Waals surface area contributed by atoms with Gasteiger partial charge in [-0.3, -0.25) is 10.1 Å². The summed E-state index contributed by atoms with van der Waals surface area (Å²) in [6, 6.07) is 0. The number of thiazole rings is 1. The largest absolute Gasteiger partial charge is 0.444 e. The summed E-state index contributed by atoms with van der Waals surface area (Å²) in [5.41, 5.74) is 4.63. The van der Waals surface area contributed by atoms with Gasteiger partial charge in [-0.25, -0.2) is 9.78 Å². The number of aromatic nitrogens is 1. The van der Waals surface area contributed by atoms with Crippen LogP contribution >= 0.6 is 11.3 Å². The Morgan fingerprint density at radius 2 is 2.10 bits per heavy atom. The zero-order chi connectivity index (χ0) is 15.3. The van der Waals surface area contributed by atoms with Crippen LogP contribution in [0.3, 0.4) is 0 Å². The highest BCUT2D eigenvalue weighted by molar-refractivity contribution is 7.14. The number of hydrogen-bond donors (Lipinski definition) is 2. The Morgan fingerprint density at radius 1 is 1.45 bits per heavy atom. The third kappa shape index (κ3) is 4.84. The Morgan fingerprint density at radius 3 is 2.60 bits per heavy atom. The van der Waals surface area contributed by atoms with Crippen LogP contribution in [-0.2, 0) is 14.4 Å². The van der Waals surface area contributed by atoms with Gasteiger partial charge in [0.05, 0.1) is 0 Å². The number of nitrogens with two attached hydrogens (primary N) is 1. The molecule has 0 bridgehead atoms. The summed E-state index contributed by atoms with van der Waals surface area (Å²) >= 11 is 1.11. The van der Waals surface area contributed by atoms with Gasteiger partial charge in [-0.15, -0.1) is 11.3 Å². The number of carbonyl (C=O) groups excluding carboxylic acids is 2. The fraction of sp³-hybridized carbons (Fsp3) is 0.455. The number of ether oxygens (including phenoxy) is 1. The molecule has 0 saturated heterocycles. The van der Waals surface area contributed by atoms with Gasteiger partial charge in [0.25, 0.3) is 5.91 Å². The van der Waals surface area contributed by atoms with Crippen molar-refractivity contribution in [3.63, 3.8) is 0 Å². The van der Waals surface area contributed by atoms with Crippen LogP contribution in [0.1, 0.15) is 26.5 Å². The van der Waals surface area contributed by atoms with E-state index >= 15 is 0 Å². The molecule has 20 heavy (non-hydrogen) atoms. The summed E-state index contributed by atoms with van der Waals surface area (Å²) in [4.78, 5) is 31.3. The first-order valence-electron chi connectivity index (χ1n) is 5.60. The van der Waals surface area contributed by atoms with Gasteiger partial charge in [0.1, 0.15) is 18.4 Å². The van der Waals surface area contributed by atoms with Gasteiger partial charge < -0.3 is 15.3 Å². The van der Waals surface area contributed by atoms with Crippen LogP contribution in [0.2, 0.25) is 0 Å². The van der Waals surface area contributed by atoms with Gasteiger partial charge in [0.15, 0.2) is 10.8 Å². The minimum absolute atomic E-state index is 0.124. The summed E-state index contributed by atoms with van der Waals surface area (Å²) in [7, 11) is 1.29. The van der Waals surface area contributed by atoms with E-state index in [0.717, 1.165) is 11.3 Å². The molecule has 1 aromatic rings. The third-order valence-electron chi connectivity index (χ3n) is 1.77. The van der Waals surface area contributed by atoms with E-state index in [4.69, 9.17) is 10.5 Å². The van der Waals surface area contributed by atoms with Crippen molar-refractivity contribution in [2.45, 2.75) is 26.4 Å². The predicted molar refractivity (Wildman–Crippen MR) is 74.7 cm³/mol. The van der Waals surface area contributed by atoms with Crippen molar-refractivity contribution in [3.8, 4) is 0 Å². The first-order chi connectivity index (χ1) is 9.23. The zero-order valence-electron chi connectivity index (χ0n) is 11.6. The Balaban J connectivity index is 2.80. The molecule has 2 amide bonds. The Kier molecular flexibility index (Phi) is 5.03. The van der Waals surface area contributed by atoms with E-state index in [9.17, 15) is 9.59 Å². The molecule has 1 heterocycles. The van der Waals surface area contributed by atoms with Crippen molar-refractivity contribution in [3.05, 3.63) is 11.1 Å². The average molecular weight is 300 g/mol. The Hall–Kier alpha value is -2.16. The number of anilines is 1. The number of carbonyl (C=O) groups is 2. The molecule has 0 saturated carbocycles. The van der Waals surface area contributed by atoms with Crippen molar-refractivity contribution >= 4 is 34.2 Å². The first kappa shape index (κ1) is 15.9. The number of hydrogen-bond acceptors (Lipinski definition) is 7. The molecule has 0 aliphatic carbocycles. The van der Waals surface area contributed by atoms with E-state index in [1.807, 2.05) is 0 Å². The van der Waals surface area contributed by atoms with Crippen molar-refractivity contribution in [2.24, 2.45) is 10.9 Å². The second-order valence-corrected chi connectivity index (χ2v) is 5.51. The fourth-order valence-electron chi connectivity index (χ4n) is 1.14. The second-order valence-electron chi connectivity index (χ2n) is 4.65.